The molecule has 4 aromatic rings. The first-order valence-electron chi connectivity index (χ1n) is 10.7. The van der Waals surface area contributed by atoms with Crippen LogP contribution in [0.1, 0.15) is 25.1 Å². The van der Waals surface area contributed by atoms with E-state index in [1.165, 1.54) is 18.3 Å². The zero-order valence-electron chi connectivity index (χ0n) is 19.3. The summed E-state index contributed by atoms with van der Waals surface area (Å²) in [5.41, 5.74) is 3.24. The second kappa shape index (κ2) is 9.59. The number of hydrogen-bond donors (Lipinski definition) is 3. The predicted octanol–water partition coefficient (Wildman–Crippen LogP) is 5.55. The Hall–Kier alpha value is -3.18. The molecule has 0 saturated heterocycles. The third-order valence-electron chi connectivity index (χ3n) is 5.39. The molecule has 2 aromatic heterocycles. The molecule has 0 radical (unpaired) electrons. The molecule has 0 spiro atoms. The summed E-state index contributed by atoms with van der Waals surface area (Å²) >= 11 is 0. The maximum absolute atomic E-state index is 14.9. The number of halogens is 1. The van der Waals surface area contributed by atoms with Crippen LogP contribution >= 0.6 is 10.6 Å². The summed E-state index contributed by atoms with van der Waals surface area (Å²) in [5, 5.41) is 10.9. The van der Waals surface area contributed by atoms with Gasteiger partial charge in [0.15, 0.2) is 0 Å². The van der Waals surface area contributed by atoms with E-state index in [4.69, 9.17) is 4.42 Å². The fraction of sp³-hybridized carbons (Fsp3) is 0.250. The minimum atomic E-state index is -3.10. The van der Waals surface area contributed by atoms with Gasteiger partial charge in [-0.2, -0.15) is 10.6 Å². The van der Waals surface area contributed by atoms with Gasteiger partial charge in [0, 0.05) is 22.9 Å². The normalized spacial score (nSPS) is 12.4. The molecular formula is C24H26FN5O3S. The van der Waals surface area contributed by atoms with Crippen LogP contribution < -0.4 is 5.32 Å². The molecule has 2 aromatic carbocycles. The molecule has 0 aliphatic rings. The Balaban J connectivity index is 1.66. The summed E-state index contributed by atoms with van der Waals surface area (Å²) in [6.07, 6.45) is 1.45. The quantitative estimate of drug-likeness (QED) is 0.313. The van der Waals surface area contributed by atoms with E-state index in [0.717, 1.165) is 23.7 Å². The standard InChI is InChI=1S/C24H26FN5O3S/c1-14(2)34(31,32)18-9-10-19(20(25)11-18)21-13-27-15(3)22(28-21)24-30-29-23(33-24)17-7-5-16(6-8-17)12-26-4/h5-11,13-14,26,31-32H,12H2,1-4H3. The Morgan fingerprint density at radius 2 is 1.76 bits per heavy atom. The van der Waals surface area contributed by atoms with Crippen molar-refractivity contribution in [2.75, 3.05) is 7.05 Å². The molecule has 0 aliphatic carbocycles. The van der Waals surface area contributed by atoms with Crippen molar-refractivity contribution in [2.45, 2.75) is 37.5 Å². The van der Waals surface area contributed by atoms with Gasteiger partial charge in [0.05, 0.1) is 22.5 Å². The highest BCUT2D eigenvalue weighted by atomic mass is 32.3. The molecule has 0 atom stereocenters. The second-order valence-corrected chi connectivity index (χ2v) is 10.7. The summed E-state index contributed by atoms with van der Waals surface area (Å²) in [5.74, 6) is -0.116. The van der Waals surface area contributed by atoms with E-state index in [0.29, 0.717) is 17.3 Å². The molecule has 0 saturated carbocycles. The van der Waals surface area contributed by atoms with Crippen LogP contribution in [0.25, 0.3) is 34.3 Å². The van der Waals surface area contributed by atoms with E-state index in [-0.39, 0.29) is 22.0 Å². The molecule has 8 nitrogen and oxygen atoms in total. The van der Waals surface area contributed by atoms with E-state index in [1.807, 2.05) is 31.3 Å². The van der Waals surface area contributed by atoms with Crippen molar-refractivity contribution in [3.05, 3.63) is 65.7 Å². The lowest BCUT2D eigenvalue weighted by atomic mass is 10.1. The third-order valence-corrected chi connectivity index (χ3v) is 7.65. The lowest BCUT2D eigenvalue weighted by Crippen LogP contribution is -2.11. The van der Waals surface area contributed by atoms with E-state index in [2.05, 4.69) is 25.5 Å². The highest BCUT2D eigenvalue weighted by molar-refractivity contribution is 8.24. The summed E-state index contributed by atoms with van der Waals surface area (Å²) in [6, 6.07) is 11.8. The van der Waals surface area contributed by atoms with Gasteiger partial charge < -0.3 is 9.73 Å². The molecule has 10 heteroatoms. The first-order chi connectivity index (χ1) is 16.2. The number of aromatic nitrogens is 4. The average Bonchev–Trinajstić information content (AvgIpc) is 3.30. The van der Waals surface area contributed by atoms with Crippen molar-refractivity contribution in [3.8, 4) is 34.3 Å². The molecule has 0 amide bonds. The molecule has 4 rings (SSSR count). The summed E-state index contributed by atoms with van der Waals surface area (Å²) in [6.45, 7) is 5.85. The molecule has 0 unspecified atom stereocenters. The Bertz CT molecular complexity index is 1310. The van der Waals surface area contributed by atoms with Crippen molar-refractivity contribution < 1.29 is 17.9 Å². The number of benzene rings is 2. The molecule has 2 heterocycles. The van der Waals surface area contributed by atoms with Crippen LogP contribution in [0.3, 0.4) is 0 Å². The first kappa shape index (κ1) is 24.0. The van der Waals surface area contributed by atoms with Gasteiger partial charge in [-0.1, -0.05) is 12.1 Å². The highest BCUT2D eigenvalue weighted by Gasteiger charge is 2.23. The third kappa shape index (κ3) is 4.71. The van der Waals surface area contributed by atoms with Crippen molar-refractivity contribution in [3.63, 3.8) is 0 Å². The van der Waals surface area contributed by atoms with Crippen LogP contribution in [-0.4, -0.2) is 41.6 Å². The van der Waals surface area contributed by atoms with Gasteiger partial charge >= 0.3 is 0 Å². The topological polar surface area (TPSA) is 117 Å². The highest BCUT2D eigenvalue weighted by Crippen LogP contribution is 2.52. The van der Waals surface area contributed by atoms with Gasteiger partial charge in [-0.25, -0.2) is 9.37 Å². The molecule has 3 N–H and O–H groups in total. The maximum atomic E-state index is 14.9. The van der Waals surface area contributed by atoms with Crippen LogP contribution in [0.5, 0.6) is 0 Å². The first-order valence-corrected chi connectivity index (χ1v) is 12.3. The van der Waals surface area contributed by atoms with Crippen LogP contribution in [0.4, 0.5) is 4.39 Å². The Morgan fingerprint density at radius 3 is 2.41 bits per heavy atom. The monoisotopic (exact) mass is 483 g/mol. The fourth-order valence-corrected chi connectivity index (χ4v) is 4.44. The fourth-order valence-electron chi connectivity index (χ4n) is 3.35. The summed E-state index contributed by atoms with van der Waals surface area (Å²) in [4.78, 5) is 8.99. The van der Waals surface area contributed by atoms with Gasteiger partial charge in [0.25, 0.3) is 5.89 Å². The Labute approximate surface area is 198 Å². The number of nitrogens with zero attached hydrogens (tertiary/aromatic N) is 4. The van der Waals surface area contributed by atoms with Crippen LogP contribution in [0.2, 0.25) is 0 Å². The molecular weight excluding hydrogens is 457 g/mol. The van der Waals surface area contributed by atoms with Crippen molar-refractivity contribution in [1.29, 1.82) is 0 Å². The minimum Gasteiger partial charge on any atom is -0.415 e. The SMILES string of the molecule is CNCc1ccc(-c2nnc(-c3nc(-c4ccc(S(O)(O)C(C)C)cc4F)cnc3C)o2)cc1. The smallest absolute Gasteiger partial charge is 0.268 e. The summed E-state index contributed by atoms with van der Waals surface area (Å²) in [7, 11) is -1.21. The number of nitrogens with one attached hydrogen (secondary N) is 1. The average molecular weight is 484 g/mol. The molecule has 0 aliphatic heterocycles. The van der Waals surface area contributed by atoms with E-state index < -0.39 is 21.7 Å². The Kier molecular flexibility index (Phi) is 6.76. The van der Waals surface area contributed by atoms with Gasteiger partial charge in [0.1, 0.15) is 11.5 Å². The number of hydrogen-bond acceptors (Lipinski definition) is 8. The predicted molar refractivity (Wildman–Crippen MR) is 130 cm³/mol. The van der Waals surface area contributed by atoms with E-state index in [9.17, 15) is 13.5 Å². The zero-order chi connectivity index (χ0) is 24.5. The van der Waals surface area contributed by atoms with Gasteiger partial charge in [0.2, 0.25) is 5.89 Å². The molecule has 0 bridgehead atoms. The number of rotatable bonds is 7. The van der Waals surface area contributed by atoms with Crippen molar-refractivity contribution in [1.82, 2.24) is 25.5 Å². The van der Waals surface area contributed by atoms with E-state index >= 15 is 0 Å². The van der Waals surface area contributed by atoms with Crippen LogP contribution in [-0.2, 0) is 6.54 Å². The number of aryl methyl sites for hydroxylation is 1. The molecule has 34 heavy (non-hydrogen) atoms. The molecule has 178 valence electrons. The lowest BCUT2D eigenvalue weighted by Gasteiger charge is -2.36. The van der Waals surface area contributed by atoms with E-state index in [1.54, 1.807) is 20.8 Å². The van der Waals surface area contributed by atoms with Gasteiger partial charge in [-0.3, -0.25) is 14.1 Å². The zero-order valence-corrected chi connectivity index (χ0v) is 20.1. The maximum Gasteiger partial charge on any atom is 0.268 e. The second-order valence-electron chi connectivity index (χ2n) is 8.11. The lowest BCUT2D eigenvalue weighted by molar-refractivity contribution is 0.475. The molecule has 0 fully saturated rings. The minimum absolute atomic E-state index is 0.145. The van der Waals surface area contributed by atoms with Gasteiger partial charge in [-0.15, -0.1) is 10.2 Å². The Morgan fingerprint density at radius 1 is 1.06 bits per heavy atom. The van der Waals surface area contributed by atoms with Crippen molar-refractivity contribution >= 4 is 10.6 Å². The summed E-state index contributed by atoms with van der Waals surface area (Å²) < 4.78 is 41.5. The van der Waals surface area contributed by atoms with Crippen LogP contribution in [0.15, 0.2) is 58.0 Å². The largest absolute Gasteiger partial charge is 0.415 e. The van der Waals surface area contributed by atoms with Crippen molar-refractivity contribution in [2.24, 2.45) is 0 Å². The van der Waals surface area contributed by atoms with Gasteiger partial charge in [-0.05, 0) is 63.7 Å². The van der Waals surface area contributed by atoms with Crippen LogP contribution in [0, 0.1) is 12.7 Å².